The minimum absolute atomic E-state index is 0.216. The first-order chi connectivity index (χ1) is 12.2. The Balaban J connectivity index is 1.77. The van der Waals surface area contributed by atoms with Gasteiger partial charge in [-0.1, -0.05) is 103 Å². The lowest BCUT2D eigenvalue weighted by Gasteiger charge is -2.03. The highest BCUT2D eigenvalue weighted by Crippen LogP contribution is 2.18. The molecule has 0 amide bonds. The number of carbonyl (C=O) groups excluding carboxylic acids is 2. The van der Waals surface area contributed by atoms with E-state index in [9.17, 15) is 9.59 Å². The van der Waals surface area contributed by atoms with E-state index in [0.717, 1.165) is 6.42 Å². The molecule has 1 heterocycles. The maximum atomic E-state index is 11.3. The zero-order valence-electron chi connectivity index (χ0n) is 16.3. The summed E-state index contributed by atoms with van der Waals surface area (Å²) in [7, 11) is 0. The monoisotopic (exact) mass is 350 g/mol. The van der Waals surface area contributed by atoms with Crippen molar-refractivity contribution in [2.75, 3.05) is 0 Å². The van der Waals surface area contributed by atoms with Crippen molar-refractivity contribution in [3.05, 3.63) is 12.2 Å². The van der Waals surface area contributed by atoms with E-state index in [1.807, 2.05) is 12.2 Å². The van der Waals surface area contributed by atoms with Crippen molar-refractivity contribution in [3.63, 3.8) is 0 Å². The molecule has 0 aromatic carbocycles. The Kier molecular flexibility index (Phi) is 13.3. The smallest absolute Gasteiger partial charge is 0.321 e. The highest BCUT2D eigenvalue weighted by molar-refractivity contribution is 5.95. The van der Waals surface area contributed by atoms with Gasteiger partial charge in [0, 0.05) is 0 Å². The van der Waals surface area contributed by atoms with Crippen LogP contribution in [0.1, 0.15) is 110 Å². The van der Waals surface area contributed by atoms with Crippen molar-refractivity contribution >= 4 is 11.9 Å². The Morgan fingerprint density at radius 3 is 1.72 bits per heavy atom. The van der Waals surface area contributed by atoms with Crippen molar-refractivity contribution < 1.29 is 14.3 Å². The average Bonchev–Trinajstić information content (AvgIpc) is 2.92. The van der Waals surface area contributed by atoms with E-state index in [-0.39, 0.29) is 18.3 Å². The van der Waals surface area contributed by atoms with Crippen molar-refractivity contribution in [2.45, 2.75) is 110 Å². The lowest BCUT2D eigenvalue weighted by atomic mass is 10.0. The van der Waals surface area contributed by atoms with Gasteiger partial charge in [-0.3, -0.25) is 9.59 Å². The molecule has 0 radical (unpaired) electrons. The lowest BCUT2D eigenvalue weighted by molar-refractivity contribution is -0.152. The first-order valence-electron chi connectivity index (χ1n) is 10.6. The van der Waals surface area contributed by atoms with Gasteiger partial charge in [0.2, 0.25) is 0 Å². The fraction of sp³-hybridized carbons (Fsp3) is 0.818. The van der Waals surface area contributed by atoms with Gasteiger partial charge >= 0.3 is 11.9 Å². The molecule has 0 aromatic rings. The summed E-state index contributed by atoms with van der Waals surface area (Å²) >= 11 is 0. The number of hydrogen-bond donors (Lipinski definition) is 0. The fourth-order valence-corrected chi connectivity index (χ4v) is 3.36. The summed E-state index contributed by atoms with van der Waals surface area (Å²) in [5.74, 6) is -1.11. The number of cyclic esters (lactones) is 2. The molecular weight excluding hydrogens is 312 g/mol. The van der Waals surface area contributed by atoms with Crippen LogP contribution < -0.4 is 0 Å². The number of unbranched alkanes of at least 4 members (excludes halogenated alkanes) is 14. The minimum Gasteiger partial charge on any atom is -0.393 e. The molecule has 144 valence electrons. The summed E-state index contributed by atoms with van der Waals surface area (Å²) in [4.78, 5) is 22.2. The van der Waals surface area contributed by atoms with E-state index in [1.54, 1.807) is 0 Å². The average molecular weight is 351 g/mol. The van der Waals surface area contributed by atoms with Gasteiger partial charge in [0.25, 0.3) is 0 Å². The molecule has 0 bridgehead atoms. The molecule has 1 aliphatic rings. The third-order valence-corrected chi connectivity index (χ3v) is 5.00. The SMILES string of the molecule is CCCCCCCCCCCCCCCCC=CC1CC(=O)OC1=O. The van der Waals surface area contributed by atoms with Crippen LogP contribution in [0.2, 0.25) is 0 Å². The largest absolute Gasteiger partial charge is 0.393 e. The second-order valence-electron chi connectivity index (χ2n) is 7.42. The van der Waals surface area contributed by atoms with Crippen LogP contribution in [-0.2, 0) is 14.3 Å². The lowest BCUT2D eigenvalue weighted by Crippen LogP contribution is -2.03. The van der Waals surface area contributed by atoms with Gasteiger partial charge in [0.15, 0.2) is 0 Å². The van der Waals surface area contributed by atoms with E-state index in [0.29, 0.717) is 0 Å². The summed E-state index contributed by atoms with van der Waals surface area (Å²) in [6.07, 6.45) is 24.2. The second kappa shape index (κ2) is 15.2. The first kappa shape index (κ1) is 21.9. The van der Waals surface area contributed by atoms with Crippen LogP contribution in [0.15, 0.2) is 12.2 Å². The summed E-state index contributed by atoms with van der Waals surface area (Å²) < 4.78 is 4.52. The Morgan fingerprint density at radius 2 is 1.28 bits per heavy atom. The number of carbonyl (C=O) groups is 2. The molecule has 3 nitrogen and oxygen atoms in total. The Hall–Kier alpha value is -1.12. The molecule has 1 fully saturated rings. The van der Waals surface area contributed by atoms with Gasteiger partial charge in [-0.15, -0.1) is 0 Å². The molecule has 0 aliphatic carbocycles. The maximum absolute atomic E-state index is 11.3. The number of allylic oxidation sites excluding steroid dienone is 1. The van der Waals surface area contributed by atoms with Crippen LogP contribution in [-0.4, -0.2) is 11.9 Å². The summed E-state index contributed by atoms with van der Waals surface area (Å²) in [5.41, 5.74) is 0. The number of rotatable bonds is 16. The molecule has 1 saturated heterocycles. The van der Waals surface area contributed by atoms with Crippen molar-refractivity contribution in [1.82, 2.24) is 0 Å². The van der Waals surface area contributed by atoms with E-state index in [1.165, 1.54) is 89.9 Å². The maximum Gasteiger partial charge on any atom is 0.321 e. The van der Waals surface area contributed by atoms with Crippen LogP contribution in [0.25, 0.3) is 0 Å². The Labute approximate surface area is 154 Å². The number of esters is 2. The van der Waals surface area contributed by atoms with Gasteiger partial charge in [-0.05, 0) is 12.8 Å². The predicted octanol–water partition coefficient (Wildman–Crippen LogP) is 6.50. The van der Waals surface area contributed by atoms with Gasteiger partial charge in [-0.2, -0.15) is 0 Å². The summed E-state index contributed by atoms with van der Waals surface area (Å²) in [5, 5.41) is 0. The Morgan fingerprint density at radius 1 is 0.800 bits per heavy atom. The van der Waals surface area contributed by atoms with Crippen LogP contribution in [0, 0.1) is 5.92 Å². The zero-order chi connectivity index (χ0) is 18.2. The number of ether oxygens (including phenoxy) is 1. The van der Waals surface area contributed by atoms with E-state index < -0.39 is 5.97 Å². The third kappa shape index (κ3) is 12.0. The minimum atomic E-state index is -0.392. The number of hydrogen-bond acceptors (Lipinski definition) is 3. The van der Waals surface area contributed by atoms with Crippen molar-refractivity contribution in [2.24, 2.45) is 5.92 Å². The molecule has 3 heteroatoms. The van der Waals surface area contributed by atoms with E-state index in [4.69, 9.17) is 0 Å². The van der Waals surface area contributed by atoms with Crippen LogP contribution >= 0.6 is 0 Å². The first-order valence-corrected chi connectivity index (χ1v) is 10.6. The third-order valence-electron chi connectivity index (χ3n) is 5.00. The van der Waals surface area contributed by atoms with Crippen LogP contribution in [0.4, 0.5) is 0 Å². The molecule has 25 heavy (non-hydrogen) atoms. The van der Waals surface area contributed by atoms with Crippen molar-refractivity contribution in [3.8, 4) is 0 Å². The van der Waals surface area contributed by atoms with Crippen LogP contribution in [0.3, 0.4) is 0 Å². The topological polar surface area (TPSA) is 43.4 Å². The summed E-state index contributed by atoms with van der Waals surface area (Å²) in [6.45, 7) is 2.27. The van der Waals surface area contributed by atoms with E-state index >= 15 is 0 Å². The highest BCUT2D eigenvalue weighted by Gasteiger charge is 2.30. The van der Waals surface area contributed by atoms with Crippen LogP contribution in [0.5, 0.6) is 0 Å². The molecule has 0 aromatic heterocycles. The predicted molar refractivity (Wildman–Crippen MR) is 103 cm³/mol. The van der Waals surface area contributed by atoms with E-state index in [2.05, 4.69) is 11.7 Å². The molecular formula is C22H38O3. The molecule has 1 rings (SSSR count). The molecule has 0 spiro atoms. The molecule has 0 N–H and O–H groups in total. The highest BCUT2D eigenvalue weighted by atomic mass is 16.6. The van der Waals surface area contributed by atoms with Gasteiger partial charge in [0.05, 0.1) is 12.3 Å². The molecule has 0 saturated carbocycles. The van der Waals surface area contributed by atoms with Gasteiger partial charge in [0.1, 0.15) is 0 Å². The Bertz CT molecular complexity index is 387. The zero-order valence-corrected chi connectivity index (χ0v) is 16.3. The molecule has 1 aliphatic heterocycles. The van der Waals surface area contributed by atoms with Gasteiger partial charge in [-0.25, -0.2) is 0 Å². The molecule has 1 unspecified atom stereocenters. The van der Waals surface area contributed by atoms with Crippen molar-refractivity contribution in [1.29, 1.82) is 0 Å². The summed E-state index contributed by atoms with van der Waals surface area (Å²) in [6, 6.07) is 0. The molecule has 1 atom stereocenters. The van der Waals surface area contributed by atoms with Gasteiger partial charge < -0.3 is 4.74 Å². The fourth-order valence-electron chi connectivity index (χ4n) is 3.36. The second-order valence-corrected chi connectivity index (χ2v) is 7.42. The normalized spacial score (nSPS) is 17.6. The standard InChI is InChI=1S/C22H38O3/c1-2-3-4-5-6-7-8-9-10-11-12-13-14-15-16-17-18-20-19-21(23)25-22(20)24/h17-18,20H,2-16,19H2,1H3. The quantitative estimate of drug-likeness (QED) is 0.138.